The molecule has 2 rings (SSSR count). The van der Waals surface area contributed by atoms with Gasteiger partial charge in [0, 0.05) is 32.8 Å². The van der Waals surface area contributed by atoms with Crippen LogP contribution in [0.5, 0.6) is 0 Å². The number of aryl methyl sites for hydroxylation is 1. The molecule has 1 atom stereocenters. The van der Waals surface area contributed by atoms with E-state index in [2.05, 4.69) is 30.0 Å². The Bertz CT molecular complexity index is 365. The topological polar surface area (TPSA) is 38.5 Å². The summed E-state index contributed by atoms with van der Waals surface area (Å²) in [7, 11) is 1.74. The van der Waals surface area contributed by atoms with Gasteiger partial charge in [-0.25, -0.2) is 0 Å². The molecule has 1 unspecified atom stereocenters. The highest BCUT2D eigenvalue weighted by Gasteiger charge is 2.29. The Balaban J connectivity index is 2.22. The van der Waals surface area contributed by atoms with Crippen LogP contribution in [0.1, 0.15) is 22.7 Å². The van der Waals surface area contributed by atoms with Crippen molar-refractivity contribution in [1.82, 2.24) is 4.90 Å². The molecule has 0 amide bonds. The molecule has 3 nitrogen and oxygen atoms in total. The van der Waals surface area contributed by atoms with E-state index < -0.39 is 0 Å². The van der Waals surface area contributed by atoms with Crippen molar-refractivity contribution in [3.8, 4) is 0 Å². The fourth-order valence-corrected chi connectivity index (χ4v) is 2.48. The first-order valence-corrected chi connectivity index (χ1v) is 5.79. The van der Waals surface area contributed by atoms with E-state index in [-0.39, 0.29) is 0 Å². The molecule has 1 heterocycles. The summed E-state index contributed by atoms with van der Waals surface area (Å²) in [5.41, 5.74) is 10.1. The number of nitrogens with two attached hydrogens (primary N) is 1. The second kappa shape index (κ2) is 4.95. The van der Waals surface area contributed by atoms with Crippen LogP contribution in [-0.2, 0) is 11.3 Å². The van der Waals surface area contributed by atoms with Crippen molar-refractivity contribution in [2.45, 2.75) is 19.5 Å². The van der Waals surface area contributed by atoms with Gasteiger partial charge in [-0.3, -0.25) is 4.90 Å². The Morgan fingerprint density at radius 3 is 3.00 bits per heavy atom. The van der Waals surface area contributed by atoms with E-state index in [4.69, 9.17) is 10.5 Å². The molecule has 1 aliphatic rings. The van der Waals surface area contributed by atoms with E-state index in [0.717, 1.165) is 19.7 Å². The number of benzene rings is 1. The fraction of sp³-hybridized carbons (Fsp3) is 0.538. The smallest absolute Gasteiger partial charge is 0.0590 e. The van der Waals surface area contributed by atoms with E-state index in [0.29, 0.717) is 12.6 Å². The molecule has 0 saturated heterocycles. The average Bonchev–Trinajstić information content (AvgIpc) is 2.65. The molecule has 0 aromatic heterocycles. The molecule has 0 fully saturated rings. The standard InChI is InChI=1S/C13H20N2O/c1-10-4-3-5-11-12(10)9-15(6-7-16-2)13(11)8-14/h3-5,13H,6-9,14H2,1-2H3. The zero-order valence-corrected chi connectivity index (χ0v) is 10.1. The quantitative estimate of drug-likeness (QED) is 0.835. The van der Waals surface area contributed by atoms with Gasteiger partial charge in [-0.2, -0.15) is 0 Å². The van der Waals surface area contributed by atoms with Crippen molar-refractivity contribution in [2.75, 3.05) is 26.8 Å². The number of nitrogens with zero attached hydrogens (tertiary/aromatic N) is 1. The Hall–Kier alpha value is -0.900. The van der Waals surface area contributed by atoms with Gasteiger partial charge in [0.15, 0.2) is 0 Å². The second-order valence-electron chi connectivity index (χ2n) is 4.36. The van der Waals surface area contributed by atoms with Gasteiger partial charge in [0.05, 0.1) is 6.61 Å². The SMILES string of the molecule is COCCN1Cc2c(C)cccc2C1CN. The molecular weight excluding hydrogens is 200 g/mol. The van der Waals surface area contributed by atoms with Crippen LogP contribution in [0, 0.1) is 6.92 Å². The highest BCUT2D eigenvalue weighted by molar-refractivity contribution is 5.40. The largest absolute Gasteiger partial charge is 0.383 e. The lowest BCUT2D eigenvalue weighted by molar-refractivity contribution is 0.128. The van der Waals surface area contributed by atoms with Gasteiger partial charge in [-0.15, -0.1) is 0 Å². The fourth-order valence-electron chi connectivity index (χ4n) is 2.48. The molecule has 3 heteroatoms. The molecule has 1 aliphatic heterocycles. The summed E-state index contributed by atoms with van der Waals surface area (Å²) in [6.45, 7) is 5.58. The highest BCUT2D eigenvalue weighted by Crippen LogP contribution is 2.34. The third-order valence-corrected chi connectivity index (χ3v) is 3.41. The van der Waals surface area contributed by atoms with E-state index in [1.165, 1.54) is 16.7 Å². The lowest BCUT2D eigenvalue weighted by Gasteiger charge is -2.23. The Morgan fingerprint density at radius 2 is 2.31 bits per heavy atom. The van der Waals surface area contributed by atoms with Gasteiger partial charge < -0.3 is 10.5 Å². The van der Waals surface area contributed by atoms with Crippen LogP contribution in [0.15, 0.2) is 18.2 Å². The van der Waals surface area contributed by atoms with Crippen LogP contribution < -0.4 is 5.73 Å². The second-order valence-corrected chi connectivity index (χ2v) is 4.36. The number of hydrogen-bond donors (Lipinski definition) is 1. The van der Waals surface area contributed by atoms with Crippen molar-refractivity contribution in [2.24, 2.45) is 5.73 Å². The van der Waals surface area contributed by atoms with Crippen molar-refractivity contribution >= 4 is 0 Å². The summed E-state index contributed by atoms with van der Waals surface area (Å²) in [4.78, 5) is 2.40. The number of rotatable bonds is 4. The minimum atomic E-state index is 0.366. The molecule has 0 radical (unpaired) electrons. The van der Waals surface area contributed by atoms with Crippen molar-refractivity contribution in [3.63, 3.8) is 0 Å². The number of ether oxygens (including phenoxy) is 1. The molecule has 0 spiro atoms. The van der Waals surface area contributed by atoms with Crippen molar-refractivity contribution in [1.29, 1.82) is 0 Å². The maximum absolute atomic E-state index is 5.88. The summed E-state index contributed by atoms with van der Waals surface area (Å²) in [6, 6.07) is 6.86. The first-order valence-electron chi connectivity index (χ1n) is 5.79. The Kier molecular flexibility index (Phi) is 3.59. The molecule has 0 aliphatic carbocycles. The maximum atomic E-state index is 5.88. The number of fused-ring (bicyclic) bond motifs is 1. The minimum absolute atomic E-state index is 0.366. The van der Waals surface area contributed by atoms with Crippen LogP contribution >= 0.6 is 0 Å². The van der Waals surface area contributed by atoms with Crippen LogP contribution in [0.3, 0.4) is 0 Å². The molecule has 16 heavy (non-hydrogen) atoms. The van der Waals surface area contributed by atoms with Gasteiger partial charge in [0.1, 0.15) is 0 Å². The van der Waals surface area contributed by atoms with Crippen LogP contribution in [0.25, 0.3) is 0 Å². The molecule has 0 saturated carbocycles. The van der Waals surface area contributed by atoms with Crippen molar-refractivity contribution in [3.05, 3.63) is 34.9 Å². The third kappa shape index (κ3) is 1.98. The summed E-state index contributed by atoms with van der Waals surface area (Å²) < 4.78 is 5.14. The predicted octanol–water partition coefficient (Wildman–Crippen LogP) is 1.46. The van der Waals surface area contributed by atoms with Gasteiger partial charge in [0.25, 0.3) is 0 Å². The first kappa shape index (κ1) is 11.6. The van der Waals surface area contributed by atoms with Crippen LogP contribution in [-0.4, -0.2) is 31.7 Å². The molecule has 1 aromatic carbocycles. The summed E-state index contributed by atoms with van der Waals surface area (Å²) in [5.74, 6) is 0. The average molecular weight is 220 g/mol. The van der Waals surface area contributed by atoms with Gasteiger partial charge in [-0.05, 0) is 23.6 Å². The monoisotopic (exact) mass is 220 g/mol. The molecule has 0 bridgehead atoms. The highest BCUT2D eigenvalue weighted by atomic mass is 16.5. The number of hydrogen-bond acceptors (Lipinski definition) is 3. The Labute approximate surface area is 97.2 Å². The first-order chi connectivity index (χ1) is 7.77. The molecular formula is C13H20N2O. The van der Waals surface area contributed by atoms with Crippen LogP contribution in [0.2, 0.25) is 0 Å². The van der Waals surface area contributed by atoms with Gasteiger partial charge >= 0.3 is 0 Å². The Morgan fingerprint density at radius 1 is 1.50 bits per heavy atom. The van der Waals surface area contributed by atoms with E-state index >= 15 is 0 Å². The summed E-state index contributed by atoms with van der Waals surface area (Å²) in [6.07, 6.45) is 0. The lowest BCUT2D eigenvalue weighted by atomic mass is 10.0. The number of methoxy groups -OCH3 is 1. The van der Waals surface area contributed by atoms with Crippen molar-refractivity contribution < 1.29 is 4.74 Å². The minimum Gasteiger partial charge on any atom is -0.383 e. The zero-order chi connectivity index (χ0) is 11.5. The van der Waals surface area contributed by atoms with E-state index in [9.17, 15) is 0 Å². The van der Waals surface area contributed by atoms with E-state index in [1.54, 1.807) is 7.11 Å². The van der Waals surface area contributed by atoms with Gasteiger partial charge in [-0.1, -0.05) is 18.2 Å². The van der Waals surface area contributed by atoms with Gasteiger partial charge in [0.2, 0.25) is 0 Å². The molecule has 1 aromatic rings. The third-order valence-electron chi connectivity index (χ3n) is 3.41. The predicted molar refractivity (Wildman–Crippen MR) is 65.3 cm³/mol. The molecule has 88 valence electrons. The summed E-state index contributed by atoms with van der Waals surface area (Å²) >= 11 is 0. The lowest BCUT2D eigenvalue weighted by Crippen LogP contribution is -2.30. The maximum Gasteiger partial charge on any atom is 0.0590 e. The van der Waals surface area contributed by atoms with Crippen LogP contribution in [0.4, 0.5) is 0 Å². The zero-order valence-electron chi connectivity index (χ0n) is 10.1. The van der Waals surface area contributed by atoms with E-state index in [1.807, 2.05) is 0 Å². The molecule has 2 N–H and O–H groups in total. The normalized spacial score (nSPS) is 20.1. The summed E-state index contributed by atoms with van der Waals surface area (Å²) in [5, 5.41) is 0.